The molecule has 2 aliphatic heterocycles. The molecule has 13 heteroatoms. The first-order valence-electron chi connectivity index (χ1n) is 15.6. The van der Waals surface area contributed by atoms with Crippen molar-refractivity contribution in [2.24, 2.45) is 10.9 Å². The van der Waals surface area contributed by atoms with E-state index in [1.54, 1.807) is 18.2 Å². The number of likely N-dealkylation sites (N-methyl/N-ethyl adjacent to an activating group) is 1. The van der Waals surface area contributed by atoms with Gasteiger partial charge in [0.15, 0.2) is 5.82 Å². The van der Waals surface area contributed by atoms with Crippen LogP contribution in [0.3, 0.4) is 0 Å². The van der Waals surface area contributed by atoms with Crippen molar-refractivity contribution >= 4 is 35.1 Å². The number of nitrogens with one attached hydrogen (secondary N) is 1. The molecule has 0 aliphatic carbocycles. The standard InChI is InChI=1S/C35H34ClF3N6O3/c1-21-3-12-30-31(40-19-21)34(43-32(42-30)22-5-8-25(46)9-6-22)48-26-10-11-29(36)27(18-26)33(47)41-24-7-4-23(28(17-24)35(37,38)39)20-45-15-13-44(2)14-16-45/h4-11,17-19,21,46H,3,12-16,20H2,1-2H3,(H,41,47). The van der Waals surface area contributed by atoms with Crippen LogP contribution in [0.4, 0.5) is 24.5 Å². The van der Waals surface area contributed by atoms with E-state index in [-0.39, 0.29) is 51.7 Å². The molecule has 3 aromatic carbocycles. The number of hydrogen-bond acceptors (Lipinski definition) is 8. The van der Waals surface area contributed by atoms with Crippen LogP contribution >= 0.6 is 11.6 Å². The highest BCUT2D eigenvalue weighted by Crippen LogP contribution is 2.38. The number of benzene rings is 3. The van der Waals surface area contributed by atoms with Crippen LogP contribution in [0.2, 0.25) is 5.02 Å². The molecule has 9 nitrogen and oxygen atoms in total. The molecule has 0 radical (unpaired) electrons. The van der Waals surface area contributed by atoms with E-state index in [1.807, 2.05) is 25.1 Å². The lowest BCUT2D eigenvalue weighted by Crippen LogP contribution is -2.44. The quantitative estimate of drug-likeness (QED) is 0.208. The molecule has 2 aliphatic rings. The number of hydrogen-bond donors (Lipinski definition) is 2. The average molecular weight is 679 g/mol. The summed E-state index contributed by atoms with van der Waals surface area (Å²) < 4.78 is 48.6. The maximum absolute atomic E-state index is 14.1. The number of anilines is 1. The highest BCUT2D eigenvalue weighted by Gasteiger charge is 2.34. The van der Waals surface area contributed by atoms with Gasteiger partial charge in [-0.3, -0.25) is 14.7 Å². The molecule has 0 spiro atoms. The molecule has 1 aromatic heterocycles. The second kappa shape index (κ2) is 13.9. The Morgan fingerprint density at radius 3 is 2.52 bits per heavy atom. The van der Waals surface area contributed by atoms with Crippen LogP contribution in [-0.4, -0.2) is 70.2 Å². The molecule has 3 heterocycles. The van der Waals surface area contributed by atoms with E-state index < -0.39 is 17.6 Å². The van der Waals surface area contributed by atoms with Gasteiger partial charge in [-0.15, -0.1) is 0 Å². The van der Waals surface area contributed by atoms with Crippen LogP contribution in [0, 0.1) is 5.92 Å². The number of aryl methyl sites for hydroxylation is 1. The molecule has 6 rings (SSSR count). The maximum Gasteiger partial charge on any atom is 0.416 e. The fraction of sp³-hybridized carbons (Fsp3) is 0.314. The van der Waals surface area contributed by atoms with Gasteiger partial charge >= 0.3 is 6.18 Å². The van der Waals surface area contributed by atoms with Gasteiger partial charge < -0.3 is 20.1 Å². The van der Waals surface area contributed by atoms with Gasteiger partial charge in [0.2, 0.25) is 5.88 Å². The number of fused-ring (bicyclic) bond motifs is 1. The molecule has 1 unspecified atom stereocenters. The number of piperazine rings is 1. The number of carbonyl (C=O) groups excluding carboxylic acids is 1. The van der Waals surface area contributed by atoms with Gasteiger partial charge in [-0.2, -0.15) is 18.2 Å². The lowest BCUT2D eigenvalue weighted by Gasteiger charge is -2.33. The Balaban J connectivity index is 1.26. The van der Waals surface area contributed by atoms with Gasteiger partial charge in [0.1, 0.15) is 17.2 Å². The second-order valence-corrected chi connectivity index (χ2v) is 12.5. The zero-order valence-corrected chi connectivity index (χ0v) is 27.1. The SMILES string of the molecule is CC1C=Nc2c(nc(-c3ccc(O)cc3)nc2Oc2ccc(Cl)c(C(=O)Nc3ccc(CN4CCN(C)CC4)c(C(F)(F)F)c3)c2)CC1. The first-order chi connectivity index (χ1) is 22.9. The normalized spacial score (nSPS) is 17.1. The number of ether oxygens (including phenoxy) is 1. The number of halogens is 4. The zero-order valence-electron chi connectivity index (χ0n) is 26.4. The highest BCUT2D eigenvalue weighted by molar-refractivity contribution is 6.34. The van der Waals surface area contributed by atoms with E-state index in [4.69, 9.17) is 21.3 Å². The minimum absolute atomic E-state index is 0.000246. The lowest BCUT2D eigenvalue weighted by atomic mass is 10.0. The van der Waals surface area contributed by atoms with Crippen molar-refractivity contribution in [3.63, 3.8) is 0 Å². The maximum atomic E-state index is 14.1. The molecule has 0 bridgehead atoms. The summed E-state index contributed by atoms with van der Waals surface area (Å²) in [4.78, 5) is 31.5. The Morgan fingerprint density at radius 1 is 1.04 bits per heavy atom. The molecule has 0 saturated carbocycles. The average Bonchev–Trinajstić information content (AvgIpc) is 3.24. The van der Waals surface area contributed by atoms with Gasteiger partial charge in [0.05, 0.1) is 21.8 Å². The summed E-state index contributed by atoms with van der Waals surface area (Å²) in [5, 5.41) is 12.4. The van der Waals surface area contributed by atoms with Crippen LogP contribution in [0.25, 0.3) is 11.4 Å². The fourth-order valence-corrected chi connectivity index (χ4v) is 5.79. The summed E-state index contributed by atoms with van der Waals surface area (Å²) in [6.07, 6.45) is -1.35. The van der Waals surface area contributed by atoms with Crippen molar-refractivity contribution in [3.05, 3.63) is 88.1 Å². The smallest absolute Gasteiger partial charge is 0.416 e. The van der Waals surface area contributed by atoms with Crippen LogP contribution in [0.5, 0.6) is 17.4 Å². The number of aromatic nitrogens is 2. The molecule has 250 valence electrons. The van der Waals surface area contributed by atoms with E-state index in [2.05, 4.69) is 20.2 Å². The third kappa shape index (κ3) is 7.78. The summed E-state index contributed by atoms with van der Waals surface area (Å²) in [5.41, 5.74) is 1.13. The van der Waals surface area contributed by atoms with Gasteiger partial charge in [0.25, 0.3) is 5.91 Å². The van der Waals surface area contributed by atoms with Crippen molar-refractivity contribution in [1.82, 2.24) is 19.8 Å². The predicted molar refractivity (Wildman–Crippen MR) is 178 cm³/mol. The second-order valence-electron chi connectivity index (χ2n) is 12.1. The fourth-order valence-electron chi connectivity index (χ4n) is 5.59. The molecule has 4 aromatic rings. The number of alkyl halides is 3. The molecule has 1 atom stereocenters. The molecule has 48 heavy (non-hydrogen) atoms. The first-order valence-corrected chi connectivity index (χ1v) is 15.9. The zero-order chi connectivity index (χ0) is 34.0. The third-order valence-electron chi connectivity index (χ3n) is 8.40. The Hall–Kier alpha value is -4.52. The van der Waals surface area contributed by atoms with Gasteiger partial charge in [-0.25, -0.2) is 4.98 Å². The number of nitrogens with zero attached hydrogens (tertiary/aromatic N) is 5. The minimum atomic E-state index is -4.61. The molecule has 1 saturated heterocycles. The molecular formula is C35H34ClF3N6O3. The largest absolute Gasteiger partial charge is 0.508 e. The predicted octanol–water partition coefficient (Wildman–Crippen LogP) is 7.60. The number of aliphatic imine (C=N–C) groups is 1. The minimum Gasteiger partial charge on any atom is -0.508 e. The Bertz CT molecular complexity index is 1840. The van der Waals surface area contributed by atoms with E-state index in [1.165, 1.54) is 36.4 Å². The van der Waals surface area contributed by atoms with Crippen LogP contribution in [0.1, 0.15) is 40.5 Å². The number of phenols is 1. The van der Waals surface area contributed by atoms with Gasteiger partial charge in [-0.1, -0.05) is 24.6 Å². The summed E-state index contributed by atoms with van der Waals surface area (Å²) in [6.45, 7) is 5.12. The number of amides is 1. The van der Waals surface area contributed by atoms with Gasteiger partial charge in [-0.05, 0) is 86.0 Å². The van der Waals surface area contributed by atoms with E-state index in [9.17, 15) is 23.1 Å². The molecule has 2 N–H and O–H groups in total. The summed E-state index contributed by atoms with van der Waals surface area (Å²) in [7, 11) is 1.98. The van der Waals surface area contributed by atoms with Crippen molar-refractivity contribution in [3.8, 4) is 28.8 Å². The van der Waals surface area contributed by atoms with Crippen LogP contribution < -0.4 is 10.1 Å². The molecule has 1 fully saturated rings. The number of rotatable bonds is 7. The summed E-state index contributed by atoms with van der Waals surface area (Å²) in [5.74, 6) is 0.349. The highest BCUT2D eigenvalue weighted by atomic mass is 35.5. The summed E-state index contributed by atoms with van der Waals surface area (Å²) >= 11 is 6.40. The van der Waals surface area contributed by atoms with E-state index in [0.717, 1.165) is 25.6 Å². The van der Waals surface area contributed by atoms with E-state index >= 15 is 0 Å². The molecule has 1 amide bonds. The van der Waals surface area contributed by atoms with Crippen LogP contribution in [0.15, 0.2) is 65.7 Å². The third-order valence-corrected chi connectivity index (χ3v) is 8.73. The summed E-state index contributed by atoms with van der Waals surface area (Å²) in [6, 6.07) is 14.7. The topological polar surface area (TPSA) is 103 Å². The number of carbonyl (C=O) groups is 1. The van der Waals surface area contributed by atoms with Crippen molar-refractivity contribution in [1.29, 1.82) is 0 Å². The molecular weight excluding hydrogens is 645 g/mol. The van der Waals surface area contributed by atoms with Crippen molar-refractivity contribution in [2.75, 3.05) is 38.5 Å². The van der Waals surface area contributed by atoms with Crippen molar-refractivity contribution < 1.29 is 27.8 Å². The monoisotopic (exact) mass is 678 g/mol. The van der Waals surface area contributed by atoms with E-state index in [0.29, 0.717) is 42.3 Å². The Kier molecular flexibility index (Phi) is 9.68. The van der Waals surface area contributed by atoms with Crippen molar-refractivity contribution in [2.45, 2.75) is 32.5 Å². The van der Waals surface area contributed by atoms with Gasteiger partial charge in [0, 0.05) is 50.2 Å². The van der Waals surface area contributed by atoms with Crippen LogP contribution in [-0.2, 0) is 19.1 Å². The number of aromatic hydroxyl groups is 1. The Labute approximate surface area is 281 Å². The lowest BCUT2D eigenvalue weighted by molar-refractivity contribution is -0.138. The Morgan fingerprint density at radius 2 is 1.79 bits per heavy atom. The number of phenolic OH excluding ortho intramolecular Hbond substituents is 1. The first kappa shape index (κ1) is 33.4.